The molecule has 0 bridgehead atoms. The molecule has 0 fully saturated rings. The Morgan fingerprint density at radius 2 is 1.52 bits per heavy atom. The second kappa shape index (κ2) is 6.79. The third-order valence-electron chi connectivity index (χ3n) is 2.98. The molecule has 1 N–H and O–H groups in total. The first-order valence-electron chi connectivity index (χ1n) is 6.22. The van der Waals surface area contributed by atoms with E-state index >= 15 is 0 Å². The Balaban J connectivity index is 2.14. The second-order valence-corrected chi connectivity index (χ2v) is 7.65. The molecular weight excluding hydrogens is 331 g/mol. The van der Waals surface area contributed by atoms with Gasteiger partial charge in [-0.15, -0.1) is 0 Å². The van der Waals surface area contributed by atoms with Crippen LogP contribution < -0.4 is 0 Å². The van der Waals surface area contributed by atoms with Gasteiger partial charge >= 0.3 is 0 Å². The third-order valence-corrected chi connectivity index (χ3v) is 5.09. The molecule has 0 atom stereocenters. The van der Waals surface area contributed by atoms with Crippen LogP contribution in [0.4, 0.5) is 0 Å². The molecule has 2 aromatic rings. The lowest BCUT2D eigenvalue weighted by Crippen LogP contribution is -2.08. The Morgan fingerprint density at radius 3 is 2.10 bits per heavy atom. The zero-order valence-corrected chi connectivity index (χ0v) is 13.4. The summed E-state index contributed by atoms with van der Waals surface area (Å²) in [5, 5.41) is 9.79. The number of rotatable bonds is 5. The summed E-state index contributed by atoms with van der Waals surface area (Å²) < 4.78 is 24.4. The molecule has 0 aliphatic rings. The molecule has 2 rings (SSSR count). The average molecular weight is 345 g/mol. The van der Waals surface area contributed by atoms with E-state index in [9.17, 15) is 8.42 Å². The van der Waals surface area contributed by atoms with E-state index in [0.717, 1.165) is 5.56 Å². The Kier molecular flexibility index (Phi) is 5.27. The van der Waals surface area contributed by atoms with E-state index in [1.54, 1.807) is 36.4 Å². The minimum Gasteiger partial charge on any atom is -0.392 e. The molecule has 0 heterocycles. The van der Waals surface area contributed by atoms with Gasteiger partial charge < -0.3 is 5.11 Å². The molecule has 0 radical (unpaired) electrons. The molecule has 2 aromatic carbocycles. The number of hydrogen-bond acceptors (Lipinski definition) is 3. The normalized spacial score (nSPS) is 11.6. The Labute approximate surface area is 134 Å². The molecule has 0 amide bonds. The van der Waals surface area contributed by atoms with Crippen LogP contribution in [0.2, 0.25) is 10.0 Å². The van der Waals surface area contributed by atoms with Gasteiger partial charge in [0.1, 0.15) is 0 Å². The molecule has 0 aliphatic carbocycles. The highest BCUT2D eigenvalue weighted by Crippen LogP contribution is 2.24. The van der Waals surface area contributed by atoms with Crippen molar-refractivity contribution in [3.05, 3.63) is 69.2 Å². The van der Waals surface area contributed by atoms with Crippen molar-refractivity contribution in [3.63, 3.8) is 0 Å². The van der Waals surface area contributed by atoms with Crippen LogP contribution in [0.3, 0.4) is 0 Å². The van der Waals surface area contributed by atoms with Gasteiger partial charge in [0.05, 0.1) is 18.1 Å². The topological polar surface area (TPSA) is 54.4 Å². The highest BCUT2D eigenvalue weighted by Gasteiger charge is 2.15. The first-order chi connectivity index (χ1) is 9.89. The van der Waals surface area contributed by atoms with Gasteiger partial charge in [0, 0.05) is 10.0 Å². The fourth-order valence-electron chi connectivity index (χ4n) is 1.92. The highest BCUT2D eigenvalue weighted by atomic mass is 35.5. The Hall–Kier alpha value is -1.07. The van der Waals surface area contributed by atoms with Crippen molar-refractivity contribution in [3.8, 4) is 0 Å². The van der Waals surface area contributed by atoms with Crippen LogP contribution in [0.25, 0.3) is 0 Å². The van der Waals surface area contributed by atoms with Crippen molar-refractivity contribution in [2.45, 2.75) is 18.1 Å². The quantitative estimate of drug-likeness (QED) is 0.901. The van der Waals surface area contributed by atoms with Crippen molar-refractivity contribution >= 4 is 33.0 Å². The number of sulfone groups is 1. The number of benzene rings is 2. The van der Waals surface area contributed by atoms with Crippen LogP contribution >= 0.6 is 23.2 Å². The summed E-state index contributed by atoms with van der Waals surface area (Å²) in [6, 6.07) is 11.6. The molecule has 0 aliphatic heterocycles. The first-order valence-corrected chi connectivity index (χ1v) is 8.80. The lowest BCUT2D eigenvalue weighted by Gasteiger charge is -2.07. The molecular formula is C15H14Cl2O3S. The molecule has 112 valence electrons. The second-order valence-electron chi connectivity index (χ2n) is 4.74. The van der Waals surface area contributed by atoms with Gasteiger partial charge in [-0.25, -0.2) is 8.42 Å². The van der Waals surface area contributed by atoms with E-state index in [4.69, 9.17) is 28.3 Å². The van der Waals surface area contributed by atoms with Gasteiger partial charge in [-0.05, 0) is 28.8 Å². The zero-order valence-electron chi connectivity index (χ0n) is 11.1. The largest absolute Gasteiger partial charge is 0.392 e. The maximum atomic E-state index is 12.2. The van der Waals surface area contributed by atoms with Crippen molar-refractivity contribution in [1.82, 2.24) is 0 Å². The van der Waals surface area contributed by atoms with Crippen LogP contribution in [0, 0.1) is 0 Å². The predicted octanol–water partition coefficient (Wildman–Crippen LogP) is 3.60. The van der Waals surface area contributed by atoms with E-state index < -0.39 is 9.84 Å². The molecule has 6 heteroatoms. The lowest BCUT2D eigenvalue weighted by atomic mass is 10.2. The molecule has 21 heavy (non-hydrogen) atoms. The van der Waals surface area contributed by atoms with Gasteiger partial charge in [0.25, 0.3) is 0 Å². The van der Waals surface area contributed by atoms with Gasteiger partial charge in [0.2, 0.25) is 0 Å². The lowest BCUT2D eigenvalue weighted by molar-refractivity contribution is 0.282. The summed E-state index contributed by atoms with van der Waals surface area (Å²) in [6.07, 6.45) is 0. The van der Waals surface area contributed by atoms with Crippen molar-refractivity contribution < 1.29 is 13.5 Å². The van der Waals surface area contributed by atoms with Crippen molar-refractivity contribution in [2.75, 3.05) is 0 Å². The maximum Gasteiger partial charge on any atom is 0.158 e. The number of halogens is 2. The molecule has 0 spiro atoms. The van der Waals surface area contributed by atoms with E-state index in [-0.39, 0.29) is 18.1 Å². The summed E-state index contributed by atoms with van der Waals surface area (Å²) in [4.78, 5) is 0. The molecule has 0 saturated heterocycles. The maximum absolute atomic E-state index is 12.2. The molecule has 0 unspecified atom stereocenters. The minimum absolute atomic E-state index is 0.0621. The van der Waals surface area contributed by atoms with E-state index in [0.29, 0.717) is 21.2 Å². The summed E-state index contributed by atoms with van der Waals surface area (Å²) in [5.41, 5.74) is 1.96. The number of hydrogen-bond donors (Lipinski definition) is 1. The molecule has 0 aromatic heterocycles. The van der Waals surface area contributed by atoms with E-state index in [2.05, 4.69) is 0 Å². The van der Waals surface area contributed by atoms with Gasteiger partial charge in [-0.3, -0.25) is 0 Å². The summed E-state index contributed by atoms with van der Waals surface area (Å²) in [5.74, 6) is -0.206. The summed E-state index contributed by atoms with van der Waals surface area (Å²) in [6.45, 7) is -0.0621. The van der Waals surface area contributed by atoms with Gasteiger partial charge in [-0.1, -0.05) is 53.5 Å². The zero-order chi connectivity index (χ0) is 15.5. The fraction of sp³-hybridized carbons (Fsp3) is 0.200. The predicted molar refractivity (Wildman–Crippen MR) is 85.2 cm³/mol. The number of aliphatic hydroxyl groups excluding tert-OH is 1. The van der Waals surface area contributed by atoms with E-state index in [1.807, 2.05) is 0 Å². The fourth-order valence-corrected chi connectivity index (χ4v) is 4.00. The van der Waals surface area contributed by atoms with E-state index in [1.165, 1.54) is 6.07 Å². The standard InChI is InChI=1S/C15H14Cl2O3S/c16-14-6-5-13(15(17)7-14)10-21(19,20)9-12-3-1-11(8-18)2-4-12/h1-7,18H,8-10H2. The monoisotopic (exact) mass is 344 g/mol. The smallest absolute Gasteiger partial charge is 0.158 e. The SMILES string of the molecule is O=S(=O)(Cc1ccc(CO)cc1)Cc1ccc(Cl)cc1Cl. The summed E-state index contributed by atoms with van der Waals surface area (Å²) in [7, 11) is -3.33. The van der Waals surface area contributed by atoms with Gasteiger partial charge in [0.15, 0.2) is 9.84 Å². The van der Waals surface area contributed by atoms with Gasteiger partial charge in [-0.2, -0.15) is 0 Å². The van der Waals surface area contributed by atoms with Crippen LogP contribution in [0.15, 0.2) is 42.5 Å². The first kappa shape index (κ1) is 16.3. The molecule has 3 nitrogen and oxygen atoms in total. The highest BCUT2D eigenvalue weighted by molar-refractivity contribution is 7.89. The van der Waals surface area contributed by atoms with Crippen LogP contribution in [-0.2, 0) is 27.9 Å². The van der Waals surface area contributed by atoms with Crippen LogP contribution in [-0.4, -0.2) is 13.5 Å². The average Bonchev–Trinajstić information content (AvgIpc) is 2.42. The van der Waals surface area contributed by atoms with Crippen molar-refractivity contribution in [2.24, 2.45) is 0 Å². The number of aliphatic hydroxyl groups is 1. The molecule has 0 saturated carbocycles. The van der Waals surface area contributed by atoms with Crippen molar-refractivity contribution in [1.29, 1.82) is 0 Å². The third kappa shape index (κ3) is 4.71. The Bertz CT molecular complexity index is 725. The van der Waals surface area contributed by atoms with Crippen LogP contribution in [0.5, 0.6) is 0 Å². The van der Waals surface area contributed by atoms with Crippen LogP contribution in [0.1, 0.15) is 16.7 Å². The summed E-state index contributed by atoms with van der Waals surface area (Å²) >= 11 is 11.8. The minimum atomic E-state index is -3.33. The Morgan fingerprint density at radius 1 is 0.905 bits per heavy atom.